The molecule has 1 aromatic heterocycles. The van der Waals surface area contributed by atoms with Crippen molar-refractivity contribution in [3.05, 3.63) is 146 Å². The minimum atomic E-state index is 0.895. The molecule has 0 spiro atoms. The second-order valence-electron chi connectivity index (χ2n) is 10.9. The molecule has 0 N–H and O–H groups in total. The van der Waals surface area contributed by atoms with E-state index in [1.54, 1.807) is 0 Å². The van der Waals surface area contributed by atoms with Crippen molar-refractivity contribution in [3.8, 4) is 56.0 Å². The predicted octanol–water partition coefficient (Wildman–Crippen LogP) is 11.5. The second-order valence-corrected chi connectivity index (χ2v) is 10.9. The van der Waals surface area contributed by atoms with Gasteiger partial charge in [-0.3, -0.25) is 0 Å². The first-order chi connectivity index (χ1) is 20.8. The van der Waals surface area contributed by atoms with E-state index >= 15 is 0 Å². The second kappa shape index (κ2) is 8.95. The van der Waals surface area contributed by atoms with Gasteiger partial charge in [0.15, 0.2) is 0 Å². The highest BCUT2D eigenvalue weighted by Gasteiger charge is 2.21. The molecule has 1 aliphatic heterocycles. The lowest BCUT2D eigenvalue weighted by molar-refractivity contribution is 0.487. The highest BCUT2D eigenvalue weighted by Crippen LogP contribution is 2.48. The van der Waals surface area contributed by atoms with Gasteiger partial charge >= 0.3 is 0 Å². The van der Waals surface area contributed by atoms with Crippen LogP contribution in [0.1, 0.15) is 0 Å². The molecule has 7 aromatic carbocycles. The highest BCUT2D eigenvalue weighted by molar-refractivity contribution is 6.13. The molecule has 2 heterocycles. The van der Waals surface area contributed by atoms with Crippen LogP contribution in [0.25, 0.3) is 77.2 Å². The summed E-state index contributed by atoms with van der Waals surface area (Å²) < 4.78 is 12.6. The summed E-state index contributed by atoms with van der Waals surface area (Å²) in [7, 11) is 0. The molecule has 0 amide bonds. The van der Waals surface area contributed by atoms with Crippen LogP contribution in [0.15, 0.2) is 150 Å². The molecule has 2 heteroatoms. The van der Waals surface area contributed by atoms with Crippen LogP contribution in [0.4, 0.5) is 0 Å². The number of hydrogen-bond acceptors (Lipinski definition) is 2. The van der Waals surface area contributed by atoms with Gasteiger partial charge in [0.2, 0.25) is 0 Å². The van der Waals surface area contributed by atoms with E-state index in [-0.39, 0.29) is 0 Å². The van der Waals surface area contributed by atoms with Crippen LogP contribution >= 0.6 is 0 Å². The molecule has 1 aliphatic rings. The molecule has 8 aromatic rings. The number of benzene rings is 7. The maximum Gasteiger partial charge on any atom is 0.136 e. The van der Waals surface area contributed by atoms with Gasteiger partial charge in [0.1, 0.15) is 22.7 Å². The van der Waals surface area contributed by atoms with Crippen molar-refractivity contribution in [1.82, 2.24) is 0 Å². The fourth-order valence-corrected chi connectivity index (χ4v) is 6.52. The molecule has 2 nitrogen and oxygen atoms in total. The fourth-order valence-electron chi connectivity index (χ4n) is 6.52. The Bertz CT molecular complexity index is 2330. The molecule has 0 unspecified atom stereocenters. The third-order valence-corrected chi connectivity index (χ3v) is 8.42. The Morgan fingerprint density at radius 3 is 1.95 bits per heavy atom. The first-order valence-corrected chi connectivity index (χ1v) is 14.3. The maximum atomic E-state index is 6.31. The van der Waals surface area contributed by atoms with E-state index in [1.807, 2.05) is 24.3 Å². The van der Waals surface area contributed by atoms with Gasteiger partial charge in [0.05, 0.1) is 0 Å². The lowest BCUT2D eigenvalue weighted by Gasteiger charge is -2.22. The number of ether oxygens (including phenoxy) is 1. The normalized spacial score (nSPS) is 12.0. The largest absolute Gasteiger partial charge is 0.456 e. The van der Waals surface area contributed by atoms with Crippen LogP contribution in [-0.4, -0.2) is 0 Å². The van der Waals surface area contributed by atoms with Gasteiger partial charge in [0.25, 0.3) is 0 Å². The summed E-state index contributed by atoms with van der Waals surface area (Å²) in [6.45, 7) is 0. The zero-order valence-electron chi connectivity index (χ0n) is 22.7. The minimum Gasteiger partial charge on any atom is -0.456 e. The summed E-state index contributed by atoms with van der Waals surface area (Å²) in [5.74, 6) is 1.80. The Morgan fingerprint density at radius 1 is 0.357 bits per heavy atom. The van der Waals surface area contributed by atoms with Gasteiger partial charge in [-0.25, -0.2) is 0 Å². The summed E-state index contributed by atoms with van der Waals surface area (Å²) in [6, 6.07) is 51.5. The average molecular weight is 537 g/mol. The van der Waals surface area contributed by atoms with E-state index in [0.29, 0.717) is 0 Å². The van der Waals surface area contributed by atoms with E-state index in [9.17, 15) is 0 Å². The van der Waals surface area contributed by atoms with Crippen LogP contribution < -0.4 is 4.74 Å². The van der Waals surface area contributed by atoms with Crippen molar-refractivity contribution in [3.63, 3.8) is 0 Å². The number of furan rings is 1. The molecule has 0 bridgehead atoms. The van der Waals surface area contributed by atoms with E-state index in [4.69, 9.17) is 9.15 Å². The maximum absolute atomic E-state index is 6.31. The van der Waals surface area contributed by atoms with Crippen molar-refractivity contribution in [2.45, 2.75) is 0 Å². The lowest BCUT2D eigenvalue weighted by Crippen LogP contribution is -1.97. The molecule has 9 rings (SSSR count). The third kappa shape index (κ3) is 3.52. The van der Waals surface area contributed by atoms with Gasteiger partial charge in [-0.2, -0.15) is 0 Å². The van der Waals surface area contributed by atoms with Crippen molar-refractivity contribution in [2.75, 3.05) is 0 Å². The first kappa shape index (κ1) is 23.1. The summed E-state index contributed by atoms with van der Waals surface area (Å²) in [5.41, 5.74) is 11.2. The van der Waals surface area contributed by atoms with Gasteiger partial charge in [0, 0.05) is 21.7 Å². The van der Waals surface area contributed by atoms with E-state index < -0.39 is 0 Å². The number of fused-ring (bicyclic) bond motifs is 5. The van der Waals surface area contributed by atoms with Gasteiger partial charge < -0.3 is 9.15 Å². The zero-order valence-corrected chi connectivity index (χ0v) is 22.7. The van der Waals surface area contributed by atoms with E-state index in [2.05, 4.69) is 121 Å². The van der Waals surface area contributed by atoms with Crippen molar-refractivity contribution >= 4 is 32.7 Å². The Balaban J connectivity index is 1.33. The summed E-state index contributed by atoms with van der Waals surface area (Å²) >= 11 is 0. The van der Waals surface area contributed by atoms with Crippen molar-refractivity contribution in [2.24, 2.45) is 0 Å². The molecule has 0 radical (unpaired) electrons. The molecule has 0 saturated heterocycles. The monoisotopic (exact) mass is 536 g/mol. The Morgan fingerprint density at radius 2 is 1.02 bits per heavy atom. The van der Waals surface area contributed by atoms with Gasteiger partial charge in [-0.05, 0) is 98.9 Å². The molecule has 196 valence electrons. The summed E-state index contributed by atoms with van der Waals surface area (Å²) in [6.07, 6.45) is 0. The third-order valence-electron chi connectivity index (χ3n) is 8.42. The fraction of sp³-hybridized carbons (Fsp3) is 0. The van der Waals surface area contributed by atoms with Crippen LogP contribution in [-0.2, 0) is 0 Å². The van der Waals surface area contributed by atoms with Crippen molar-refractivity contribution < 1.29 is 9.15 Å². The standard InChI is InChI=1S/C40H24O2/c1-2-10-25(11-3-1)27-21-28(23-30(22-27)31-15-9-19-38-40(31)33-14-5-7-17-36(33)42-38)29-20-26-12-8-18-37-39(26)34(24-29)32-13-4-6-16-35(32)41-37/h1-24H. The van der Waals surface area contributed by atoms with Crippen molar-refractivity contribution in [1.29, 1.82) is 0 Å². The Hall–Kier alpha value is -5.60. The predicted molar refractivity (Wildman–Crippen MR) is 173 cm³/mol. The quantitative estimate of drug-likeness (QED) is 0.224. The molecule has 0 fully saturated rings. The van der Waals surface area contributed by atoms with E-state index in [0.717, 1.165) is 50.0 Å². The van der Waals surface area contributed by atoms with Crippen LogP contribution in [0.5, 0.6) is 11.5 Å². The first-order valence-electron chi connectivity index (χ1n) is 14.3. The molecule has 0 saturated carbocycles. The highest BCUT2D eigenvalue weighted by atomic mass is 16.5. The number of hydrogen-bond donors (Lipinski definition) is 0. The molecular weight excluding hydrogens is 512 g/mol. The van der Waals surface area contributed by atoms with Crippen LogP contribution in [0, 0.1) is 0 Å². The van der Waals surface area contributed by atoms with Crippen LogP contribution in [0.3, 0.4) is 0 Å². The van der Waals surface area contributed by atoms with Gasteiger partial charge in [-0.15, -0.1) is 0 Å². The smallest absolute Gasteiger partial charge is 0.136 e. The molecule has 0 atom stereocenters. The molecule has 42 heavy (non-hydrogen) atoms. The van der Waals surface area contributed by atoms with E-state index in [1.165, 1.54) is 38.8 Å². The lowest BCUT2D eigenvalue weighted by atomic mass is 9.88. The van der Waals surface area contributed by atoms with Crippen LogP contribution in [0.2, 0.25) is 0 Å². The average Bonchev–Trinajstić information content (AvgIpc) is 3.44. The molecular formula is C40H24O2. The van der Waals surface area contributed by atoms with Gasteiger partial charge in [-0.1, -0.05) is 91.0 Å². The Labute approximate surface area is 243 Å². The zero-order chi connectivity index (χ0) is 27.6. The SMILES string of the molecule is c1ccc(-c2cc(-c3cc4c5c(cccc5c3)Oc3ccccc3-4)cc(-c3cccc4oc5ccccc5c34)c2)cc1. The number of para-hydroxylation sites is 2. The molecule has 0 aliphatic carbocycles. The Kier molecular flexibility index (Phi) is 4.93. The number of rotatable bonds is 3. The summed E-state index contributed by atoms with van der Waals surface area (Å²) in [5, 5.41) is 4.61. The minimum absolute atomic E-state index is 0.895. The summed E-state index contributed by atoms with van der Waals surface area (Å²) in [4.78, 5) is 0. The topological polar surface area (TPSA) is 22.4 Å².